The van der Waals surface area contributed by atoms with Crippen molar-refractivity contribution in [3.8, 4) is 0 Å². The van der Waals surface area contributed by atoms with Gasteiger partial charge in [-0.15, -0.1) is 0 Å². The van der Waals surface area contributed by atoms with Gasteiger partial charge in [-0.25, -0.2) is 0 Å². The maximum Gasteiger partial charge on any atom is 0.0409 e. The molecule has 0 aromatic heterocycles. The van der Waals surface area contributed by atoms with Crippen LogP contribution in [0.1, 0.15) is 44.2 Å². The fourth-order valence-corrected chi connectivity index (χ4v) is 3.35. The first-order valence-corrected chi connectivity index (χ1v) is 7.89. The van der Waals surface area contributed by atoms with E-state index in [4.69, 9.17) is 11.6 Å². The first-order chi connectivity index (χ1) is 9.26. The van der Waals surface area contributed by atoms with Crippen molar-refractivity contribution in [1.82, 2.24) is 10.2 Å². The van der Waals surface area contributed by atoms with E-state index in [1.807, 2.05) is 12.1 Å². The van der Waals surface area contributed by atoms with Gasteiger partial charge < -0.3 is 5.32 Å². The topological polar surface area (TPSA) is 15.3 Å². The zero-order chi connectivity index (χ0) is 13.2. The third-order valence-electron chi connectivity index (χ3n) is 4.38. The third-order valence-corrected chi connectivity index (χ3v) is 4.61. The molecule has 3 rings (SSSR count). The van der Waals surface area contributed by atoms with E-state index in [9.17, 15) is 0 Å². The molecule has 0 spiro atoms. The second-order valence-corrected chi connectivity index (χ2v) is 6.33. The molecule has 0 bridgehead atoms. The van der Waals surface area contributed by atoms with E-state index in [1.54, 1.807) is 0 Å². The van der Waals surface area contributed by atoms with Crippen LogP contribution in [0, 0.1) is 0 Å². The molecule has 1 saturated carbocycles. The SMILES string of the molecule is CCC(NC1CCN(C2CC2)C1)c1cccc(Cl)c1. The third kappa shape index (κ3) is 3.31. The number of nitrogens with one attached hydrogen (secondary N) is 1. The van der Waals surface area contributed by atoms with Gasteiger partial charge in [-0.05, 0) is 43.4 Å². The van der Waals surface area contributed by atoms with Gasteiger partial charge in [0.2, 0.25) is 0 Å². The van der Waals surface area contributed by atoms with Crippen LogP contribution in [0.3, 0.4) is 0 Å². The van der Waals surface area contributed by atoms with Gasteiger partial charge in [0.15, 0.2) is 0 Å². The fraction of sp³-hybridized carbons (Fsp3) is 0.625. The summed E-state index contributed by atoms with van der Waals surface area (Å²) in [4.78, 5) is 2.66. The van der Waals surface area contributed by atoms with E-state index in [2.05, 4.69) is 29.3 Å². The van der Waals surface area contributed by atoms with E-state index in [0.717, 1.165) is 17.5 Å². The fourth-order valence-electron chi connectivity index (χ4n) is 3.15. The minimum Gasteiger partial charge on any atom is -0.306 e. The highest BCUT2D eigenvalue weighted by Gasteiger charge is 2.34. The number of halogens is 1. The van der Waals surface area contributed by atoms with Crippen LogP contribution in [0.15, 0.2) is 24.3 Å². The Kier molecular flexibility index (Phi) is 4.11. The molecule has 1 N–H and O–H groups in total. The van der Waals surface area contributed by atoms with Crippen molar-refractivity contribution in [2.45, 2.75) is 50.7 Å². The monoisotopic (exact) mass is 278 g/mol. The summed E-state index contributed by atoms with van der Waals surface area (Å²) < 4.78 is 0. The van der Waals surface area contributed by atoms with Gasteiger partial charge in [0, 0.05) is 36.2 Å². The molecule has 2 nitrogen and oxygen atoms in total. The van der Waals surface area contributed by atoms with Gasteiger partial charge in [-0.1, -0.05) is 30.7 Å². The largest absolute Gasteiger partial charge is 0.306 e. The maximum atomic E-state index is 6.10. The van der Waals surface area contributed by atoms with Gasteiger partial charge >= 0.3 is 0 Å². The Bertz CT molecular complexity index is 431. The molecule has 1 heterocycles. The molecule has 2 unspecified atom stereocenters. The summed E-state index contributed by atoms with van der Waals surface area (Å²) in [5.74, 6) is 0. The number of benzene rings is 1. The minimum atomic E-state index is 0.433. The summed E-state index contributed by atoms with van der Waals surface area (Å²) in [7, 11) is 0. The average Bonchev–Trinajstić information content (AvgIpc) is 3.16. The van der Waals surface area contributed by atoms with E-state index in [1.165, 1.54) is 37.9 Å². The van der Waals surface area contributed by atoms with Gasteiger partial charge in [0.1, 0.15) is 0 Å². The standard InChI is InChI=1S/C16H23ClN2/c1-2-16(12-4-3-5-13(17)10-12)18-14-8-9-19(11-14)15-6-7-15/h3-5,10,14-16,18H,2,6-9,11H2,1H3. The van der Waals surface area contributed by atoms with E-state index < -0.39 is 0 Å². The molecule has 3 heteroatoms. The van der Waals surface area contributed by atoms with Crippen molar-refractivity contribution in [3.63, 3.8) is 0 Å². The van der Waals surface area contributed by atoms with Gasteiger partial charge in [-0.3, -0.25) is 4.90 Å². The lowest BCUT2D eigenvalue weighted by Crippen LogP contribution is -2.35. The molecule has 1 aliphatic heterocycles. The summed E-state index contributed by atoms with van der Waals surface area (Å²) in [5.41, 5.74) is 1.32. The predicted molar refractivity (Wildman–Crippen MR) is 80.6 cm³/mol. The van der Waals surface area contributed by atoms with Crippen LogP contribution in [0.25, 0.3) is 0 Å². The molecule has 1 aromatic rings. The van der Waals surface area contributed by atoms with Gasteiger partial charge in [-0.2, -0.15) is 0 Å². The first-order valence-electron chi connectivity index (χ1n) is 7.52. The Morgan fingerprint density at radius 2 is 2.21 bits per heavy atom. The molecule has 0 radical (unpaired) electrons. The number of rotatable bonds is 5. The smallest absolute Gasteiger partial charge is 0.0409 e. The van der Waals surface area contributed by atoms with E-state index in [-0.39, 0.29) is 0 Å². The van der Waals surface area contributed by atoms with Gasteiger partial charge in [0.05, 0.1) is 0 Å². The summed E-state index contributed by atoms with van der Waals surface area (Å²) in [6.07, 6.45) is 5.23. The number of hydrogen-bond acceptors (Lipinski definition) is 2. The highest BCUT2D eigenvalue weighted by Crippen LogP contribution is 2.30. The molecule has 1 saturated heterocycles. The van der Waals surface area contributed by atoms with Crippen LogP contribution in [0.2, 0.25) is 5.02 Å². The Hall–Kier alpha value is -0.570. The van der Waals surface area contributed by atoms with Crippen LogP contribution in [-0.4, -0.2) is 30.1 Å². The van der Waals surface area contributed by atoms with Crippen molar-refractivity contribution in [3.05, 3.63) is 34.9 Å². The van der Waals surface area contributed by atoms with Crippen molar-refractivity contribution in [2.24, 2.45) is 0 Å². The molecule has 19 heavy (non-hydrogen) atoms. The Morgan fingerprint density at radius 1 is 1.37 bits per heavy atom. The van der Waals surface area contributed by atoms with Gasteiger partial charge in [0.25, 0.3) is 0 Å². The van der Waals surface area contributed by atoms with Crippen LogP contribution >= 0.6 is 11.6 Å². The van der Waals surface area contributed by atoms with Crippen molar-refractivity contribution >= 4 is 11.6 Å². The molecule has 2 aliphatic rings. The van der Waals surface area contributed by atoms with Crippen LogP contribution in [-0.2, 0) is 0 Å². The van der Waals surface area contributed by atoms with Crippen LogP contribution < -0.4 is 5.32 Å². The number of likely N-dealkylation sites (tertiary alicyclic amines) is 1. The van der Waals surface area contributed by atoms with Crippen molar-refractivity contribution < 1.29 is 0 Å². The minimum absolute atomic E-state index is 0.433. The summed E-state index contributed by atoms with van der Waals surface area (Å²) in [6.45, 7) is 4.74. The lowest BCUT2D eigenvalue weighted by molar-refractivity contribution is 0.311. The zero-order valence-corrected chi connectivity index (χ0v) is 12.4. The van der Waals surface area contributed by atoms with E-state index >= 15 is 0 Å². The van der Waals surface area contributed by atoms with Crippen LogP contribution in [0.4, 0.5) is 0 Å². The normalized spacial score (nSPS) is 25.7. The van der Waals surface area contributed by atoms with Crippen molar-refractivity contribution in [2.75, 3.05) is 13.1 Å². The predicted octanol–water partition coefficient (Wildman–Crippen LogP) is 3.62. The highest BCUT2D eigenvalue weighted by molar-refractivity contribution is 6.30. The first kappa shape index (κ1) is 13.4. The molecular formula is C16H23ClN2. The Morgan fingerprint density at radius 3 is 2.89 bits per heavy atom. The quantitative estimate of drug-likeness (QED) is 0.885. The Balaban J connectivity index is 1.60. The average molecular weight is 279 g/mol. The number of nitrogens with zero attached hydrogens (tertiary/aromatic N) is 1. The zero-order valence-electron chi connectivity index (χ0n) is 11.6. The molecular weight excluding hydrogens is 256 g/mol. The summed E-state index contributed by atoms with van der Waals surface area (Å²) in [6, 6.07) is 10.2. The second kappa shape index (κ2) is 5.82. The highest BCUT2D eigenvalue weighted by atomic mass is 35.5. The molecule has 0 amide bonds. The summed E-state index contributed by atoms with van der Waals surface area (Å²) >= 11 is 6.10. The maximum absolute atomic E-state index is 6.10. The number of hydrogen-bond donors (Lipinski definition) is 1. The summed E-state index contributed by atoms with van der Waals surface area (Å²) in [5, 5.41) is 4.66. The molecule has 2 fully saturated rings. The lowest BCUT2D eigenvalue weighted by Gasteiger charge is -2.23. The lowest BCUT2D eigenvalue weighted by atomic mass is 10.0. The Labute approximate surface area is 121 Å². The van der Waals surface area contributed by atoms with Crippen LogP contribution in [0.5, 0.6) is 0 Å². The van der Waals surface area contributed by atoms with Crippen molar-refractivity contribution in [1.29, 1.82) is 0 Å². The molecule has 104 valence electrons. The molecule has 2 atom stereocenters. The second-order valence-electron chi connectivity index (χ2n) is 5.89. The molecule has 1 aromatic carbocycles. The molecule has 1 aliphatic carbocycles. The van der Waals surface area contributed by atoms with E-state index in [0.29, 0.717) is 12.1 Å².